The molecule has 0 aliphatic rings. The Morgan fingerprint density at radius 3 is 1.84 bits per heavy atom. The molecule has 0 unspecified atom stereocenters. The fourth-order valence-electron chi connectivity index (χ4n) is 2.91. The van der Waals surface area contributed by atoms with Crippen LogP contribution in [-0.2, 0) is 0 Å². The molecule has 0 aliphatic carbocycles. The van der Waals surface area contributed by atoms with Crippen LogP contribution in [0.2, 0.25) is 0 Å². The molecule has 0 radical (unpaired) electrons. The average molecular weight is 373 g/mol. The summed E-state index contributed by atoms with van der Waals surface area (Å²) in [6.45, 7) is 2.80. The predicted octanol–water partition coefficient (Wildman–Crippen LogP) is 3.34. The molecule has 3 N–H and O–H groups in total. The van der Waals surface area contributed by atoms with E-state index < -0.39 is 0 Å². The molecular weight excluding hydrogens is 332 g/mol. The van der Waals surface area contributed by atoms with Crippen LogP contribution in [0.5, 0.6) is 0 Å². The zero-order valence-electron chi connectivity index (χ0n) is 16.5. The van der Waals surface area contributed by atoms with Crippen LogP contribution in [0.3, 0.4) is 0 Å². The van der Waals surface area contributed by atoms with E-state index >= 15 is 0 Å². The van der Waals surface area contributed by atoms with E-state index in [4.69, 9.17) is 5.53 Å². The standard InChI is InChI=1S/C20H40N4.ClH/c1-2-3-4-5-6-7-8-9-10-11-12-13-14-15-16-17-18-20(21)19-23-24-22;/h15-16,20H,2-14,17-19,21H2,1H3;1H/b16-15-;/t20-;/m0./s1. The molecule has 0 spiro atoms. The molecule has 0 aromatic heterocycles. The van der Waals surface area contributed by atoms with Gasteiger partial charge in [-0.3, -0.25) is 0 Å². The first-order chi connectivity index (χ1) is 11.8. The highest BCUT2D eigenvalue weighted by Crippen LogP contribution is 2.12. The van der Waals surface area contributed by atoms with Gasteiger partial charge < -0.3 is 18.1 Å². The van der Waals surface area contributed by atoms with E-state index in [-0.39, 0.29) is 18.4 Å². The number of hydrogen-bond acceptors (Lipinski definition) is 1. The number of allylic oxidation sites excluding steroid dienone is 2. The highest BCUT2D eigenvalue weighted by atomic mass is 35.5. The Bertz CT molecular complexity index is 328. The molecule has 148 valence electrons. The summed E-state index contributed by atoms with van der Waals surface area (Å²) in [6.07, 6.45) is 24.7. The van der Waals surface area contributed by atoms with Gasteiger partial charge in [0.15, 0.2) is 0 Å². The van der Waals surface area contributed by atoms with Crippen molar-refractivity contribution in [1.29, 1.82) is 0 Å². The van der Waals surface area contributed by atoms with Crippen molar-refractivity contribution in [2.75, 3.05) is 6.54 Å². The van der Waals surface area contributed by atoms with Gasteiger partial charge in [-0.15, -0.1) is 0 Å². The van der Waals surface area contributed by atoms with E-state index in [0.29, 0.717) is 6.54 Å². The topological polar surface area (TPSA) is 76.4 Å². The van der Waals surface area contributed by atoms with E-state index in [9.17, 15) is 0 Å². The van der Waals surface area contributed by atoms with E-state index in [1.165, 1.54) is 83.5 Å². The van der Waals surface area contributed by atoms with Gasteiger partial charge >= 0.3 is 0 Å². The van der Waals surface area contributed by atoms with E-state index in [0.717, 1.165) is 12.8 Å². The monoisotopic (exact) mass is 372 g/mol. The molecule has 0 aliphatic heterocycles. The fraction of sp³-hybridized carbons (Fsp3) is 0.900. The predicted molar refractivity (Wildman–Crippen MR) is 105 cm³/mol. The summed E-state index contributed by atoms with van der Waals surface area (Å²) >= 11 is 0. The van der Waals surface area contributed by atoms with Gasteiger partial charge in [-0.25, -0.2) is 0 Å². The normalized spacial score (nSPS) is 11.9. The number of unbranched alkanes of at least 4 members (excludes halogenated alkanes) is 12. The first-order valence-corrected chi connectivity index (χ1v) is 10.3. The molecule has 0 aromatic rings. The number of nitrogens with zero attached hydrogens (tertiary/aromatic N) is 3. The van der Waals surface area contributed by atoms with Crippen LogP contribution >= 0.6 is 0 Å². The minimum atomic E-state index is 0. The van der Waals surface area contributed by atoms with Crippen LogP contribution in [-0.4, -0.2) is 12.6 Å². The van der Waals surface area contributed by atoms with Gasteiger partial charge in [-0.2, -0.15) is 0 Å². The second kappa shape index (κ2) is 23.3. The van der Waals surface area contributed by atoms with Crippen LogP contribution < -0.4 is 18.1 Å². The summed E-state index contributed by atoms with van der Waals surface area (Å²) in [5.74, 6) is 0. The van der Waals surface area contributed by atoms with E-state index in [2.05, 4.69) is 34.8 Å². The zero-order valence-corrected chi connectivity index (χ0v) is 17.2. The maximum absolute atomic E-state index is 8.24. The van der Waals surface area contributed by atoms with E-state index in [1.54, 1.807) is 0 Å². The van der Waals surface area contributed by atoms with Gasteiger partial charge in [0.2, 0.25) is 0 Å². The third-order valence-corrected chi connectivity index (χ3v) is 4.54. The number of halogens is 1. The van der Waals surface area contributed by atoms with Gasteiger partial charge in [0, 0.05) is 11.3 Å². The summed E-state index contributed by atoms with van der Waals surface area (Å²) in [4.78, 5) is 2.77. The summed E-state index contributed by atoms with van der Waals surface area (Å²) in [5.41, 5.74) is 12.2. The lowest BCUT2D eigenvalue weighted by atomic mass is 10.0. The van der Waals surface area contributed by atoms with Gasteiger partial charge in [-0.1, -0.05) is 94.8 Å². The Labute approximate surface area is 162 Å². The summed E-state index contributed by atoms with van der Waals surface area (Å²) in [6, 6.07) is 0.247. The lowest BCUT2D eigenvalue weighted by Gasteiger charge is -2.02. The molecule has 5 heteroatoms. The number of hydrogen-bond donors (Lipinski definition) is 1. The van der Waals surface area contributed by atoms with Gasteiger partial charge in [0.05, 0.1) is 12.6 Å². The molecule has 0 amide bonds. The van der Waals surface area contributed by atoms with Crippen molar-refractivity contribution in [3.8, 4) is 0 Å². The van der Waals surface area contributed by atoms with Crippen molar-refractivity contribution in [2.24, 2.45) is 5.11 Å². The minimum absolute atomic E-state index is 0. The highest BCUT2D eigenvalue weighted by molar-refractivity contribution is 4.82. The maximum atomic E-state index is 8.24. The van der Waals surface area contributed by atoms with Crippen LogP contribution in [0.15, 0.2) is 17.3 Å². The Kier molecular flexibility index (Phi) is 24.7. The molecule has 0 fully saturated rings. The van der Waals surface area contributed by atoms with Gasteiger partial charge in [0.25, 0.3) is 0 Å². The second-order valence-corrected chi connectivity index (χ2v) is 7.01. The number of azide groups is 1. The van der Waals surface area contributed by atoms with Crippen molar-refractivity contribution >= 4 is 0 Å². The molecule has 4 nitrogen and oxygen atoms in total. The van der Waals surface area contributed by atoms with Crippen LogP contribution in [0.1, 0.15) is 103 Å². The molecule has 0 aromatic carbocycles. The molecule has 0 heterocycles. The molecule has 0 saturated heterocycles. The van der Waals surface area contributed by atoms with Crippen LogP contribution in [0.25, 0.3) is 10.4 Å². The highest BCUT2D eigenvalue weighted by Gasteiger charge is 2.01. The SMILES string of the molecule is CCCCCCCCCCCCCC/C=C\CC[C@H]([NH3+])CN=[N+]=[N-].[Cl-]. The fourth-order valence-corrected chi connectivity index (χ4v) is 2.91. The van der Waals surface area contributed by atoms with Gasteiger partial charge in [-0.05, 0) is 24.8 Å². The largest absolute Gasteiger partial charge is 1.00 e. The molecule has 0 bridgehead atoms. The van der Waals surface area contributed by atoms with Crippen LogP contribution in [0.4, 0.5) is 0 Å². The summed E-state index contributed by atoms with van der Waals surface area (Å²) < 4.78 is 0. The lowest BCUT2D eigenvalue weighted by molar-refractivity contribution is -0.417. The maximum Gasteiger partial charge on any atom is 0.0903 e. The van der Waals surface area contributed by atoms with Crippen molar-refractivity contribution in [2.45, 2.75) is 109 Å². The number of quaternary nitrogens is 1. The average Bonchev–Trinajstić information content (AvgIpc) is 2.59. The first-order valence-electron chi connectivity index (χ1n) is 10.3. The summed E-state index contributed by atoms with van der Waals surface area (Å²) in [5, 5.41) is 3.56. The molecular formula is C20H41ClN4. The second-order valence-electron chi connectivity index (χ2n) is 7.01. The molecule has 0 saturated carbocycles. The quantitative estimate of drug-likeness (QED) is 0.126. The molecule has 25 heavy (non-hydrogen) atoms. The Morgan fingerprint density at radius 2 is 1.32 bits per heavy atom. The van der Waals surface area contributed by atoms with Crippen LogP contribution in [0, 0.1) is 0 Å². The lowest BCUT2D eigenvalue weighted by Crippen LogP contribution is -3.00. The van der Waals surface area contributed by atoms with Gasteiger partial charge in [0.1, 0.15) is 0 Å². The van der Waals surface area contributed by atoms with Crippen molar-refractivity contribution in [3.63, 3.8) is 0 Å². The number of rotatable bonds is 18. The molecule has 1 atom stereocenters. The van der Waals surface area contributed by atoms with E-state index in [1.807, 2.05) is 0 Å². The first kappa shape index (κ1) is 26.5. The van der Waals surface area contributed by atoms with Crippen molar-refractivity contribution in [1.82, 2.24) is 0 Å². The third kappa shape index (κ3) is 23.3. The Hall–Kier alpha value is -0.700. The smallest absolute Gasteiger partial charge is 0.0903 e. The summed E-state index contributed by atoms with van der Waals surface area (Å²) in [7, 11) is 0. The minimum Gasteiger partial charge on any atom is -1.00 e. The Morgan fingerprint density at radius 1 is 0.840 bits per heavy atom. The molecule has 0 rings (SSSR count). The third-order valence-electron chi connectivity index (χ3n) is 4.54. The van der Waals surface area contributed by atoms with Crippen molar-refractivity contribution < 1.29 is 18.1 Å². The Balaban J connectivity index is 0. The van der Waals surface area contributed by atoms with Crippen molar-refractivity contribution in [3.05, 3.63) is 22.6 Å². The zero-order chi connectivity index (χ0) is 17.7.